The molecule has 1 fully saturated rings. The summed E-state index contributed by atoms with van der Waals surface area (Å²) in [7, 11) is 0. The number of hydrogen-bond acceptors (Lipinski definition) is 4. The number of anilines is 1. The van der Waals surface area contributed by atoms with Crippen molar-refractivity contribution in [2.24, 2.45) is 0 Å². The number of hydrogen-bond donors (Lipinski definition) is 1. The molecule has 5 heteroatoms. The summed E-state index contributed by atoms with van der Waals surface area (Å²) in [5.74, 6) is 0.878. The van der Waals surface area contributed by atoms with Crippen LogP contribution in [0.5, 0.6) is 0 Å². The molecule has 2 aromatic heterocycles. The summed E-state index contributed by atoms with van der Waals surface area (Å²) in [6, 6.07) is 2.37. The summed E-state index contributed by atoms with van der Waals surface area (Å²) in [6.07, 6.45) is 6.22. The maximum Gasteiger partial charge on any atom is 0.152 e. The predicted octanol–water partition coefficient (Wildman–Crippen LogP) is 3.01. The number of aromatic nitrogens is 3. The van der Waals surface area contributed by atoms with Gasteiger partial charge in [-0.25, -0.2) is 9.50 Å². The van der Waals surface area contributed by atoms with E-state index in [1.165, 1.54) is 0 Å². The van der Waals surface area contributed by atoms with Gasteiger partial charge in [-0.3, -0.25) is 0 Å². The van der Waals surface area contributed by atoms with Gasteiger partial charge in [0, 0.05) is 24.4 Å². The maximum atomic E-state index is 5.75. The molecule has 1 aliphatic heterocycles. The van der Waals surface area contributed by atoms with Crippen LogP contribution in [-0.2, 0) is 10.2 Å². The Morgan fingerprint density at radius 2 is 2.24 bits per heavy atom. The van der Waals surface area contributed by atoms with E-state index in [1.807, 2.05) is 10.7 Å². The van der Waals surface area contributed by atoms with Crippen LogP contribution in [0.15, 0.2) is 18.5 Å². The molecule has 0 saturated carbocycles. The Hall–Kier alpha value is -1.62. The van der Waals surface area contributed by atoms with Crippen molar-refractivity contribution in [3.8, 4) is 0 Å². The van der Waals surface area contributed by atoms with Crippen LogP contribution in [0.1, 0.15) is 46.2 Å². The van der Waals surface area contributed by atoms with Crippen LogP contribution in [0.2, 0.25) is 0 Å². The van der Waals surface area contributed by atoms with Gasteiger partial charge < -0.3 is 10.1 Å². The quantitative estimate of drug-likeness (QED) is 0.943. The second kappa shape index (κ2) is 5.30. The summed E-state index contributed by atoms with van der Waals surface area (Å²) in [5, 5.41) is 8.15. The monoisotopic (exact) mass is 288 g/mol. The molecule has 0 aromatic carbocycles. The van der Waals surface area contributed by atoms with Gasteiger partial charge in [0.25, 0.3) is 0 Å². The smallest absolute Gasteiger partial charge is 0.152 e. The number of ether oxygens (including phenoxy) is 1. The van der Waals surface area contributed by atoms with E-state index >= 15 is 0 Å². The largest absolute Gasteiger partial charge is 0.376 e. The van der Waals surface area contributed by atoms with E-state index in [-0.39, 0.29) is 17.6 Å². The van der Waals surface area contributed by atoms with Crippen LogP contribution in [0.25, 0.3) is 5.52 Å². The molecule has 1 saturated heterocycles. The second-order valence-corrected chi connectivity index (χ2v) is 6.87. The van der Waals surface area contributed by atoms with Gasteiger partial charge in [0.05, 0.1) is 17.8 Å². The molecule has 0 aliphatic carbocycles. The third-order valence-corrected chi connectivity index (χ3v) is 4.05. The minimum absolute atomic E-state index is 0.0312. The van der Waals surface area contributed by atoms with Crippen molar-refractivity contribution >= 4 is 11.3 Å². The van der Waals surface area contributed by atoms with Crippen LogP contribution in [0.4, 0.5) is 5.82 Å². The molecule has 21 heavy (non-hydrogen) atoms. The lowest BCUT2D eigenvalue weighted by Crippen LogP contribution is -2.30. The van der Waals surface area contributed by atoms with E-state index in [9.17, 15) is 0 Å². The van der Waals surface area contributed by atoms with Gasteiger partial charge in [-0.15, -0.1) is 0 Å². The van der Waals surface area contributed by atoms with Gasteiger partial charge in [0.15, 0.2) is 5.82 Å². The van der Waals surface area contributed by atoms with Gasteiger partial charge in [0.2, 0.25) is 0 Å². The Balaban J connectivity index is 1.89. The molecule has 0 amide bonds. The number of fused-ring (bicyclic) bond motifs is 1. The zero-order valence-electron chi connectivity index (χ0n) is 13.3. The first-order valence-corrected chi connectivity index (χ1v) is 7.68. The van der Waals surface area contributed by atoms with Gasteiger partial charge in [-0.2, -0.15) is 5.10 Å². The topological polar surface area (TPSA) is 51.5 Å². The highest BCUT2D eigenvalue weighted by Crippen LogP contribution is 2.26. The standard InChI is InChI=1S/C16H24N4O/c1-11(13-6-5-9-21-13)18-15-12-10-14(16(2,3)4)19-20(12)8-7-17-15/h7-8,10-11,13H,5-6,9H2,1-4H3,(H,17,18). The highest BCUT2D eigenvalue weighted by Gasteiger charge is 2.24. The highest BCUT2D eigenvalue weighted by molar-refractivity contribution is 5.68. The van der Waals surface area contributed by atoms with Gasteiger partial charge >= 0.3 is 0 Å². The average molecular weight is 288 g/mol. The summed E-state index contributed by atoms with van der Waals surface area (Å²) >= 11 is 0. The van der Waals surface area contributed by atoms with Crippen molar-refractivity contribution in [1.82, 2.24) is 14.6 Å². The molecule has 2 aromatic rings. The van der Waals surface area contributed by atoms with Crippen LogP contribution in [0, 0.1) is 0 Å². The highest BCUT2D eigenvalue weighted by atomic mass is 16.5. The SMILES string of the molecule is CC(Nc1nccn2nc(C(C)(C)C)cc12)C1CCCO1. The zero-order chi connectivity index (χ0) is 15.0. The molecule has 2 unspecified atom stereocenters. The van der Waals surface area contributed by atoms with Crippen LogP contribution < -0.4 is 5.32 Å². The molecule has 0 spiro atoms. The minimum atomic E-state index is 0.0312. The van der Waals surface area contributed by atoms with Gasteiger partial charge in [-0.1, -0.05) is 20.8 Å². The first-order chi connectivity index (χ1) is 9.95. The van der Waals surface area contributed by atoms with Crippen molar-refractivity contribution < 1.29 is 4.74 Å². The Labute approximate surface area is 125 Å². The fourth-order valence-electron chi connectivity index (χ4n) is 2.71. The molecule has 5 nitrogen and oxygen atoms in total. The Kier molecular flexibility index (Phi) is 3.61. The van der Waals surface area contributed by atoms with Crippen molar-refractivity contribution in [1.29, 1.82) is 0 Å². The van der Waals surface area contributed by atoms with Gasteiger partial charge in [0.1, 0.15) is 5.52 Å². The van der Waals surface area contributed by atoms with Crippen LogP contribution >= 0.6 is 0 Å². The summed E-state index contributed by atoms with van der Waals surface area (Å²) in [4.78, 5) is 4.49. The molecule has 2 atom stereocenters. The van der Waals surface area contributed by atoms with E-state index < -0.39 is 0 Å². The Morgan fingerprint density at radius 1 is 1.43 bits per heavy atom. The van der Waals surface area contributed by atoms with E-state index in [1.54, 1.807) is 6.20 Å². The van der Waals surface area contributed by atoms with Crippen LogP contribution in [-0.4, -0.2) is 33.4 Å². The summed E-state index contributed by atoms with van der Waals surface area (Å²) < 4.78 is 7.65. The zero-order valence-corrected chi connectivity index (χ0v) is 13.3. The summed E-state index contributed by atoms with van der Waals surface area (Å²) in [5.41, 5.74) is 2.12. The molecule has 3 heterocycles. The average Bonchev–Trinajstić information content (AvgIpc) is 3.07. The van der Waals surface area contributed by atoms with E-state index in [4.69, 9.17) is 4.74 Å². The maximum absolute atomic E-state index is 5.75. The van der Waals surface area contributed by atoms with E-state index in [0.29, 0.717) is 0 Å². The lowest BCUT2D eigenvalue weighted by Gasteiger charge is -2.20. The lowest BCUT2D eigenvalue weighted by molar-refractivity contribution is 0.0996. The normalized spacial score (nSPS) is 20.9. The molecule has 0 bridgehead atoms. The minimum Gasteiger partial charge on any atom is -0.376 e. The lowest BCUT2D eigenvalue weighted by atomic mass is 9.92. The van der Waals surface area contributed by atoms with Crippen molar-refractivity contribution in [2.45, 2.75) is 58.1 Å². The molecule has 0 radical (unpaired) electrons. The predicted molar refractivity (Wildman–Crippen MR) is 83.7 cm³/mol. The van der Waals surface area contributed by atoms with Crippen molar-refractivity contribution in [2.75, 3.05) is 11.9 Å². The molecule has 114 valence electrons. The van der Waals surface area contributed by atoms with E-state index in [2.05, 4.69) is 49.2 Å². The Morgan fingerprint density at radius 3 is 2.90 bits per heavy atom. The Bertz CT molecular complexity index is 623. The first kappa shape index (κ1) is 14.3. The second-order valence-electron chi connectivity index (χ2n) is 6.87. The molecular weight excluding hydrogens is 264 g/mol. The molecule has 1 N–H and O–H groups in total. The fourth-order valence-corrected chi connectivity index (χ4v) is 2.71. The number of nitrogens with one attached hydrogen (secondary N) is 1. The van der Waals surface area contributed by atoms with Crippen molar-refractivity contribution in [3.63, 3.8) is 0 Å². The fraction of sp³-hybridized carbons (Fsp3) is 0.625. The molecule has 1 aliphatic rings. The third kappa shape index (κ3) is 2.88. The van der Waals surface area contributed by atoms with Crippen molar-refractivity contribution in [3.05, 3.63) is 24.2 Å². The van der Waals surface area contributed by atoms with Gasteiger partial charge in [-0.05, 0) is 25.8 Å². The molecular formula is C16H24N4O. The van der Waals surface area contributed by atoms with E-state index in [0.717, 1.165) is 36.5 Å². The number of rotatable bonds is 3. The third-order valence-electron chi connectivity index (χ3n) is 4.05. The first-order valence-electron chi connectivity index (χ1n) is 7.68. The molecule has 3 rings (SSSR count). The summed E-state index contributed by atoms with van der Waals surface area (Å²) in [6.45, 7) is 9.54. The van der Waals surface area contributed by atoms with Crippen LogP contribution in [0.3, 0.4) is 0 Å². The number of nitrogens with zero attached hydrogens (tertiary/aromatic N) is 3.